The van der Waals surface area contributed by atoms with E-state index in [-0.39, 0.29) is 41.3 Å². The Bertz CT molecular complexity index is 1030. The molecule has 4 rings (SSSR count). The van der Waals surface area contributed by atoms with Gasteiger partial charge >= 0.3 is 0 Å². The summed E-state index contributed by atoms with van der Waals surface area (Å²) in [5.41, 5.74) is 6.46. The fourth-order valence-corrected chi connectivity index (χ4v) is 5.13. The SMILES string of the molecule is CC1(F)CC(NC(=O)c2cc(NC(=O)C3C(c4ccc(N)cc4)C3(Cl)Cl)ccc2Cl)C1. The standard InChI is InChI=1S/C22H21Cl3FN3O2/c1-21(26)9-14(10-21)29-19(30)15-8-13(6-7-16(15)23)28-20(31)18-17(22(18,24)25)11-2-4-12(27)5-3-11/h2-8,14,17-18H,9-10,27H2,1H3,(H,28,31)(H,29,30). The van der Waals surface area contributed by atoms with Crippen molar-refractivity contribution in [3.05, 3.63) is 58.6 Å². The van der Waals surface area contributed by atoms with Crippen LogP contribution in [0, 0.1) is 5.92 Å². The molecular weight excluding hydrogens is 464 g/mol. The number of halogens is 4. The van der Waals surface area contributed by atoms with Gasteiger partial charge in [-0.3, -0.25) is 9.59 Å². The summed E-state index contributed by atoms with van der Waals surface area (Å²) in [7, 11) is 0. The van der Waals surface area contributed by atoms with E-state index >= 15 is 0 Å². The number of nitrogens with two attached hydrogens (primary N) is 1. The summed E-state index contributed by atoms with van der Waals surface area (Å²) in [4.78, 5) is 25.4. The molecule has 0 aromatic heterocycles. The van der Waals surface area contributed by atoms with Crippen LogP contribution in [0.5, 0.6) is 0 Å². The Kier molecular flexibility index (Phi) is 5.61. The minimum atomic E-state index is -1.25. The van der Waals surface area contributed by atoms with Crippen molar-refractivity contribution in [2.24, 2.45) is 5.92 Å². The summed E-state index contributed by atoms with van der Waals surface area (Å²) in [6.45, 7) is 1.50. The minimum absolute atomic E-state index is 0.195. The summed E-state index contributed by atoms with van der Waals surface area (Å²) in [5, 5.41) is 5.75. The van der Waals surface area contributed by atoms with Gasteiger partial charge in [-0.25, -0.2) is 4.39 Å². The molecular formula is C22H21Cl3FN3O2. The number of amides is 2. The number of nitrogen functional groups attached to an aromatic ring is 1. The number of hydrogen-bond acceptors (Lipinski definition) is 3. The zero-order chi connectivity index (χ0) is 22.6. The van der Waals surface area contributed by atoms with Gasteiger partial charge < -0.3 is 16.4 Å². The van der Waals surface area contributed by atoms with Crippen LogP contribution in [-0.4, -0.2) is 27.9 Å². The molecule has 0 spiro atoms. The molecule has 4 N–H and O–H groups in total. The largest absolute Gasteiger partial charge is 0.399 e. The average molecular weight is 485 g/mol. The molecule has 2 aromatic rings. The van der Waals surface area contributed by atoms with Gasteiger partial charge in [-0.1, -0.05) is 23.7 Å². The fourth-order valence-electron chi connectivity index (χ4n) is 4.10. The molecule has 2 unspecified atom stereocenters. The lowest BCUT2D eigenvalue weighted by Gasteiger charge is -2.39. The summed E-state index contributed by atoms with van der Waals surface area (Å²) >= 11 is 18.9. The first-order chi connectivity index (χ1) is 14.5. The van der Waals surface area contributed by atoms with E-state index in [0.29, 0.717) is 11.4 Å². The topological polar surface area (TPSA) is 84.2 Å². The first-order valence-electron chi connectivity index (χ1n) is 9.81. The van der Waals surface area contributed by atoms with Crippen LogP contribution in [0.25, 0.3) is 0 Å². The van der Waals surface area contributed by atoms with Gasteiger partial charge in [-0.15, -0.1) is 23.2 Å². The van der Waals surface area contributed by atoms with Crippen molar-refractivity contribution in [1.82, 2.24) is 5.32 Å². The summed E-state index contributed by atoms with van der Waals surface area (Å²) in [6.07, 6.45) is 0.517. The highest BCUT2D eigenvalue weighted by atomic mass is 35.5. The Morgan fingerprint density at radius 2 is 1.77 bits per heavy atom. The zero-order valence-electron chi connectivity index (χ0n) is 16.6. The van der Waals surface area contributed by atoms with E-state index in [9.17, 15) is 14.0 Å². The summed E-state index contributed by atoms with van der Waals surface area (Å²) < 4.78 is 12.4. The molecule has 0 saturated heterocycles. The third kappa shape index (κ3) is 4.47. The van der Waals surface area contributed by atoms with Gasteiger partial charge in [0.2, 0.25) is 5.91 Å². The molecule has 2 aromatic carbocycles. The second kappa shape index (κ2) is 7.84. The van der Waals surface area contributed by atoms with Gasteiger partial charge in [0.25, 0.3) is 5.91 Å². The Hall–Kier alpha value is -2.02. The quantitative estimate of drug-likeness (QED) is 0.409. The van der Waals surface area contributed by atoms with Gasteiger partial charge in [-0.05, 0) is 42.8 Å². The maximum atomic E-state index is 13.7. The Labute approximate surface area is 194 Å². The summed E-state index contributed by atoms with van der Waals surface area (Å²) in [6, 6.07) is 11.4. The number of anilines is 2. The van der Waals surface area contributed by atoms with Crippen LogP contribution >= 0.6 is 34.8 Å². The van der Waals surface area contributed by atoms with Crippen molar-refractivity contribution in [1.29, 1.82) is 0 Å². The highest BCUT2D eigenvalue weighted by molar-refractivity contribution is 6.53. The second-order valence-electron chi connectivity index (χ2n) is 8.47. The normalized spacial score (nSPS) is 28.4. The van der Waals surface area contributed by atoms with Gasteiger partial charge in [-0.2, -0.15) is 0 Å². The monoisotopic (exact) mass is 483 g/mol. The Morgan fingerprint density at radius 1 is 1.13 bits per heavy atom. The van der Waals surface area contributed by atoms with E-state index in [4.69, 9.17) is 40.5 Å². The molecule has 9 heteroatoms. The average Bonchev–Trinajstić information content (AvgIpc) is 3.24. The minimum Gasteiger partial charge on any atom is -0.399 e. The molecule has 31 heavy (non-hydrogen) atoms. The lowest BCUT2D eigenvalue weighted by atomic mass is 9.79. The highest BCUT2D eigenvalue weighted by Crippen LogP contribution is 2.65. The van der Waals surface area contributed by atoms with E-state index < -0.39 is 21.8 Å². The second-order valence-corrected chi connectivity index (χ2v) is 10.3. The van der Waals surface area contributed by atoms with E-state index in [1.165, 1.54) is 19.1 Å². The van der Waals surface area contributed by atoms with Crippen LogP contribution in [0.4, 0.5) is 15.8 Å². The smallest absolute Gasteiger partial charge is 0.253 e. The molecule has 0 bridgehead atoms. The van der Waals surface area contributed by atoms with E-state index in [2.05, 4.69) is 10.6 Å². The lowest BCUT2D eigenvalue weighted by molar-refractivity contribution is -0.117. The van der Waals surface area contributed by atoms with E-state index in [1.807, 2.05) is 0 Å². The van der Waals surface area contributed by atoms with Gasteiger partial charge in [0.05, 0.1) is 16.5 Å². The third-order valence-electron chi connectivity index (χ3n) is 5.79. The fraction of sp³-hybridized carbons (Fsp3) is 0.364. The Morgan fingerprint density at radius 3 is 2.39 bits per heavy atom. The van der Waals surface area contributed by atoms with Crippen molar-refractivity contribution in [2.45, 2.75) is 41.7 Å². The maximum Gasteiger partial charge on any atom is 0.253 e. The molecule has 2 fully saturated rings. The number of alkyl halides is 3. The molecule has 2 aliphatic carbocycles. The number of rotatable bonds is 5. The van der Waals surface area contributed by atoms with Crippen molar-refractivity contribution in [3.8, 4) is 0 Å². The van der Waals surface area contributed by atoms with Crippen molar-refractivity contribution >= 4 is 58.0 Å². The number of carbonyl (C=O) groups is 2. The van der Waals surface area contributed by atoms with Crippen molar-refractivity contribution in [3.63, 3.8) is 0 Å². The van der Waals surface area contributed by atoms with E-state index in [1.54, 1.807) is 30.3 Å². The van der Waals surface area contributed by atoms with E-state index in [0.717, 1.165) is 5.56 Å². The van der Waals surface area contributed by atoms with Gasteiger partial charge in [0.15, 0.2) is 0 Å². The van der Waals surface area contributed by atoms with Crippen molar-refractivity contribution in [2.75, 3.05) is 11.1 Å². The number of nitrogens with one attached hydrogen (secondary N) is 2. The molecule has 0 aliphatic heterocycles. The first kappa shape index (κ1) is 22.2. The van der Waals surface area contributed by atoms with Crippen LogP contribution in [-0.2, 0) is 4.79 Å². The molecule has 2 aliphatic rings. The number of carbonyl (C=O) groups excluding carboxylic acids is 2. The molecule has 164 valence electrons. The molecule has 2 amide bonds. The van der Waals surface area contributed by atoms with Gasteiger partial charge in [0.1, 0.15) is 10.0 Å². The molecule has 2 atom stereocenters. The van der Waals surface area contributed by atoms with Crippen LogP contribution in [0.2, 0.25) is 5.02 Å². The number of benzene rings is 2. The molecule has 0 heterocycles. The predicted octanol–water partition coefficient (Wildman–Crippen LogP) is 5.07. The third-order valence-corrected chi connectivity index (χ3v) is 7.06. The van der Waals surface area contributed by atoms with Crippen molar-refractivity contribution < 1.29 is 14.0 Å². The summed E-state index contributed by atoms with van der Waals surface area (Å²) in [5.74, 6) is -1.82. The van der Waals surface area contributed by atoms with Crippen LogP contribution in [0.1, 0.15) is 41.6 Å². The predicted molar refractivity (Wildman–Crippen MR) is 122 cm³/mol. The molecule has 2 saturated carbocycles. The molecule has 0 radical (unpaired) electrons. The van der Waals surface area contributed by atoms with Crippen LogP contribution in [0.15, 0.2) is 42.5 Å². The number of hydrogen-bond donors (Lipinski definition) is 3. The highest BCUT2D eigenvalue weighted by Gasteiger charge is 2.67. The Balaban J connectivity index is 1.44. The zero-order valence-corrected chi connectivity index (χ0v) is 18.9. The maximum absolute atomic E-state index is 13.7. The lowest BCUT2D eigenvalue weighted by Crippen LogP contribution is -2.51. The first-order valence-corrected chi connectivity index (χ1v) is 10.9. The van der Waals surface area contributed by atoms with Crippen LogP contribution in [0.3, 0.4) is 0 Å². The molecule has 5 nitrogen and oxygen atoms in total. The van der Waals surface area contributed by atoms with Gasteiger partial charge in [0, 0.05) is 36.2 Å². The van der Waals surface area contributed by atoms with Crippen LogP contribution < -0.4 is 16.4 Å².